The molecule has 0 atom stereocenters. The third kappa shape index (κ3) is 3.72. The van der Waals surface area contributed by atoms with Crippen LogP contribution < -0.4 is 5.73 Å². The summed E-state index contributed by atoms with van der Waals surface area (Å²) in [5, 5.41) is 0. The predicted molar refractivity (Wildman–Crippen MR) is 124 cm³/mol. The van der Waals surface area contributed by atoms with E-state index in [4.69, 9.17) is 15.5 Å². The third-order valence-corrected chi connectivity index (χ3v) is 7.79. The van der Waals surface area contributed by atoms with Crippen LogP contribution in [0, 0.1) is 0 Å². The molecule has 3 aliphatic rings. The number of fused-ring (bicyclic) bond motifs is 2. The summed E-state index contributed by atoms with van der Waals surface area (Å²) < 4.78 is 10.3. The molecule has 2 aromatic heterocycles. The molecule has 0 spiro atoms. The van der Waals surface area contributed by atoms with Crippen LogP contribution in [0.1, 0.15) is 31.0 Å². The summed E-state index contributed by atoms with van der Waals surface area (Å²) in [4.78, 5) is 18.4. The zero-order chi connectivity index (χ0) is 21.6. The van der Waals surface area contributed by atoms with Crippen molar-refractivity contribution in [2.75, 3.05) is 12.3 Å². The van der Waals surface area contributed by atoms with Gasteiger partial charge in [0.15, 0.2) is 5.82 Å². The minimum Gasteiger partial charge on any atom is -0.382 e. The highest BCUT2D eigenvalue weighted by Gasteiger charge is 2.28. The van der Waals surface area contributed by atoms with Gasteiger partial charge in [0, 0.05) is 39.2 Å². The number of nitrogens with zero attached hydrogens (tertiary/aromatic N) is 6. The number of imidazole rings is 1. The van der Waals surface area contributed by atoms with E-state index in [0.717, 1.165) is 53.9 Å². The third-order valence-electron chi connectivity index (χ3n) is 6.09. The maximum absolute atomic E-state index is 6.34. The fourth-order valence-corrected chi connectivity index (χ4v) is 4.79. The Morgan fingerprint density at radius 2 is 1.97 bits per heavy atom. The normalized spacial score (nSPS) is 15.1. The monoisotopic (exact) mass is 435 g/mol. The molecule has 4 heterocycles. The molecule has 2 N–H and O–H groups in total. The van der Waals surface area contributed by atoms with Gasteiger partial charge in [-0.15, -0.1) is 0 Å². The summed E-state index contributed by atoms with van der Waals surface area (Å²) in [5.41, 5.74) is 9.78. The second kappa shape index (κ2) is 7.72. The molecule has 5 rings (SSSR count). The molecule has 9 heteroatoms. The summed E-state index contributed by atoms with van der Waals surface area (Å²) in [7, 11) is -1.16. The molecule has 2 aromatic rings. The fourth-order valence-electron chi connectivity index (χ4n) is 4.03. The summed E-state index contributed by atoms with van der Waals surface area (Å²) in [6.07, 6.45) is 10.9. The maximum Gasteiger partial charge on any atom is 0.176 e. The lowest BCUT2D eigenvalue weighted by Crippen LogP contribution is -2.22. The van der Waals surface area contributed by atoms with E-state index in [0.29, 0.717) is 24.3 Å². The van der Waals surface area contributed by atoms with Crippen molar-refractivity contribution in [1.82, 2.24) is 28.9 Å². The van der Waals surface area contributed by atoms with Crippen molar-refractivity contribution >= 4 is 19.4 Å². The molecule has 0 unspecified atom stereocenters. The molecule has 0 saturated heterocycles. The molecule has 1 saturated carbocycles. The SMILES string of the molecule is C[Si](C)(C)CCOCn1c2ccnc-2ncc1-c1nc(C2CCC2)n2ccnc(N)c12. The van der Waals surface area contributed by atoms with E-state index in [1.54, 1.807) is 12.4 Å². The van der Waals surface area contributed by atoms with E-state index < -0.39 is 8.07 Å². The maximum atomic E-state index is 6.34. The fraction of sp³-hybridized carbons (Fsp3) is 0.455. The molecule has 1 fully saturated rings. The van der Waals surface area contributed by atoms with Gasteiger partial charge in [0.2, 0.25) is 0 Å². The van der Waals surface area contributed by atoms with E-state index >= 15 is 0 Å². The number of aromatic nitrogens is 6. The topological polar surface area (TPSA) is 96.1 Å². The molecule has 0 amide bonds. The van der Waals surface area contributed by atoms with Crippen LogP contribution in [0.2, 0.25) is 25.7 Å². The molecular formula is C22H29N7OSi. The quantitative estimate of drug-likeness (QED) is 0.344. The number of anilines is 1. The van der Waals surface area contributed by atoms with Gasteiger partial charge >= 0.3 is 0 Å². The Labute approximate surface area is 182 Å². The van der Waals surface area contributed by atoms with Crippen molar-refractivity contribution in [3.63, 3.8) is 0 Å². The Morgan fingerprint density at radius 1 is 1.13 bits per heavy atom. The van der Waals surface area contributed by atoms with E-state index in [1.165, 1.54) is 6.42 Å². The number of ether oxygens (including phenoxy) is 1. The summed E-state index contributed by atoms with van der Waals surface area (Å²) in [6.45, 7) is 8.23. The molecule has 0 aromatic carbocycles. The van der Waals surface area contributed by atoms with Crippen LogP contribution in [0.4, 0.5) is 5.82 Å². The van der Waals surface area contributed by atoms with Crippen LogP contribution in [0.5, 0.6) is 0 Å². The van der Waals surface area contributed by atoms with Gasteiger partial charge in [0.25, 0.3) is 0 Å². The highest BCUT2D eigenvalue weighted by atomic mass is 28.3. The number of rotatable bonds is 7. The predicted octanol–water partition coefficient (Wildman–Crippen LogP) is 4.25. The van der Waals surface area contributed by atoms with E-state index in [1.807, 2.05) is 18.5 Å². The lowest BCUT2D eigenvalue weighted by molar-refractivity contribution is 0.0888. The molecular weight excluding hydrogens is 406 g/mol. The van der Waals surface area contributed by atoms with Gasteiger partial charge in [0.05, 0.1) is 17.6 Å². The summed E-state index contributed by atoms with van der Waals surface area (Å²) in [5.74, 6) is 2.69. The zero-order valence-corrected chi connectivity index (χ0v) is 19.4. The molecule has 2 aliphatic heterocycles. The van der Waals surface area contributed by atoms with E-state index in [9.17, 15) is 0 Å². The number of nitrogen functional groups attached to an aromatic ring is 1. The second-order valence-electron chi connectivity index (χ2n) is 9.55. The second-order valence-corrected chi connectivity index (χ2v) is 15.2. The molecule has 1 aliphatic carbocycles. The van der Waals surface area contributed by atoms with Crippen molar-refractivity contribution < 1.29 is 4.74 Å². The molecule has 162 valence electrons. The molecule has 8 nitrogen and oxygen atoms in total. The van der Waals surface area contributed by atoms with Crippen molar-refractivity contribution in [2.24, 2.45) is 0 Å². The van der Waals surface area contributed by atoms with Gasteiger partial charge in [-0.25, -0.2) is 19.9 Å². The molecule has 31 heavy (non-hydrogen) atoms. The highest BCUT2D eigenvalue weighted by Crippen LogP contribution is 2.39. The first-order chi connectivity index (χ1) is 14.9. The van der Waals surface area contributed by atoms with Crippen molar-refractivity contribution in [3.05, 3.63) is 36.7 Å². The lowest BCUT2D eigenvalue weighted by Gasteiger charge is -2.23. The van der Waals surface area contributed by atoms with Crippen LogP contribution in [0.3, 0.4) is 0 Å². The summed E-state index contributed by atoms with van der Waals surface area (Å²) in [6, 6.07) is 3.09. The first kappa shape index (κ1) is 20.1. The zero-order valence-electron chi connectivity index (χ0n) is 18.4. The Morgan fingerprint density at radius 3 is 2.71 bits per heavy atom. The van der Waals surface area contributed by atoms with Crippen LogP contribution in [-0.4, -0.2) is 43.6 Å². The number of nitrogens with two attached hydrogens (primary N) is 1. The standard InChI is InChI=1S/C22H29N7OSi/c1-31(2,3)12-11-30-14-29-16-7-8-25-21(16)26-13-17(29)18-19-20(23)24-9-10-28(19)22(27-18)15-5-4-6-15/h7-10,13,15H,4-6,11-12,14H2,1-3H3,(H2,23,24). The highest BCUT2D eigenvalue weighted by molar-refractivity contribution is 6.76. The molecule has 0 radical (unpaired) electrons. The minimum absolute atomic E-state index is 0.419. The van der Waals surface area contributed by atoms with Gasteiger partial charge in [-0.1, -0.05) is 26.1 Å². The first-order valence-electron chi connectivity index (χ1n) is 10.9. The molecule has 0 bridgehead atoms. The minimum atomic E-state index is -1.16. The van der Waals surface area contributed by atoms with Gasteiger partial charge in [-0.2, -0.15) is 0 Å². The Kier molecular flexibility index (Phi) is 5.02. The van der Waals surface area contributed by atoms with Gasteiger partial charge in [-0.3, -0.25) is 4.40 Å². The van der Waals surface area contributed by atoms with Crippen molar-refractivity contribution in [2.45, 2.75) is 57.6 Å². The van der Waals surface area contributed by atoms with Crippen LogP contribution in [0.25, 0.3) is 28.4 Å². The van der Waals surface area contributed by atoms with Crippen LogP contribution >= 0.6 is 0 Å². The Balaban J connectivity index is 1.60. The van der Waals surface area contributed by atoms with Crippen LogP contribution in [-0.2, 0) is 11.5 Å². The average molecular weight is 436 g/mol. The smallest absolute Gasteiger partial charge is 0.176 e. The Bertz CT molecular complexity index is 1190. The van der Waals surface area contributed by atoms with Crippen molar-refractivity contribution in [1.29, 1.82) is 0 Å². The van der Waals surface area contributed by atoms with Crippen LogP contribution in [0.15, 0.2) is 30.9 Å². The van der Waals surface area contributed by atoms with Gasteiger partial charge in [0.1, 0.15) is 29.6 Å². The average Bonchev–Trinajstić information content (AvgIpc) is 3.29. The van der Waals surface area contributed by atoms with Gasteiger partial charge < -0.3 is 15.0 Å². The summed E-state index contributed by atoms with van der Waals surface area (Å²) >= 11 is 0. The number of hydrogen-bond donors (Lipinski definition) is 1. The van der Waals surface area contributed by atoms with Gasteiger partial charge in [-0.05, 0) is 25.0 Å². The van der Waals surface area contributed by atoms with E-state index in [2.05, 4.69) is 43.6 Å². The number of hydrogen-bond acceptors (Lipinski definition) is 6. The largest absolute Gasteiger partial charge is 0.382 e. The Hall–Kier alpha value is -2.78. The van der Waals surface area contributed by atoms with Crippen molar-refractivity contribution in [3.8, 4) is 22.9 Å². The lowest BCUT2D eigenvalue weighted by atomic mass is 9.85. The van der Waals surface area contributed by atoms with E-state index in [-0.39, 0.29) is 0 Å². The first-order valence-corrected chi connectivity index (χ1v) is 14.6.